The zero-order valence-electron chi connectivity index (χ0n) is 15.2. The molecule has 0 unspecified atom stereocenters. The van der Waals surface area contributed by atoms with E-state index < -0.39 is 0 Å². The second-order valence-electron chi connectivity index (χ2n) is 6.86. The molecule has 1 aliphatic rings. The van der Waals surface area contributed by atoms with Crippen LogP contribution in [0, 0.1) is 11.3 Å². The van der Waals surface area contributed by atoms with Gasteiger partial charge in [0.2, 0.25) is 0 Å². The van der Waals surface area contributed by atoms with Crippen LogP contribution < -0.4 is 5.32 Å². The standard InChI is InChI=1S/C23H22N4/c24-16-20-15-22(27-23(20)18-8-11-25-12-9-18)19-10-13-26-21(14-19)7-6-17-4-2-1-3-5-17/h1-7,10,13-15,18,25,27H,8-9,11-12H2/b7-6+. The molecule has 3 aromatic rings. The number of H-pyrrole nitrogens is 1. The summed E-state index contributed by atoms with van der Waals surface area (Å²) in [6, 6.07) is 18.6. The average Bonchev–Trinajstić information content (AvgIpc) is 3.18. The van der Waals surface area contributed by atoms with Crippen molar-refractivity contribution in [3.63, 3.8) is 0 Å². The van der Waals surface area contributed by atoms with E-state index in [1.807, 2.05) is 42.6 Å². The molecule has 0 aliphatic carbocycles. The predicted octanol–water partition coefficient (Wildman–Crippen LogP) is 4.59. The van der Waals surface area contributed by atoms with Crippen LogP contribution in [0.25, 0.3) is 23.4 Å². The Balaban J connectivity index is 1.61. The topological polar surface area (TPSA) is 64.5 Å². The first kappa shape index (κ1) is 17.3. The Bertz CT molecular complexity index is 973. The van der Waals surface area contributed by atoms with E-state index in [4.69, 9.17) is 0 Å². The molecule has 27 heavy (non-hydrogen) atoms. The third kappa shape index (κ3) is 3.99. The van der Waals surface area contributed by atoms with Crippen LogP contribution >= 0.6 is 0 Å². The number of nitrogens with zero attached hydrogens (tertiary/aromatic N) is 2. The van der Waals surface area contributed by atoms with E-state index in [-0.39, 0.29) is 0 Å². The van der Waals surface area contributed by atoms with Gasteiger partial charge in [0.1, 0.15) is 6.07 Å². The number of rotatable bonds is 4. The lowest BCUT2D eigenvalue weighted by Gasteiger charge is -2.22. The monoisotopic (exact) mass is 354 g/mol. The summed E-state index contributed by atoms with van der Waals surface area (Å²) in [6.07, 6.45) is 8.02. The van der Waals surface area contributed by atoms with Gasteiger partial charge < -0.3 is 10.3 Å². The lowest BCUT2D eigenvalue weighted by atomic mass is 9.93. The molecule has 4 nitrogen and oxygen atoms in total. The molecule has 4 heteroatoms. The van der Waals surface area contributed by atoms with Crippen molar-refractivity contribution in [1.29, 1.82) is 5.26 Å². The van der Waals surface area contributed by atoms with E-state index in [9.17, 15) is 5.26 Å². The lowest BCUT2D eigenvalue weighted by Crippen LogP contribution is -2.27. The number of nitrogens with one attached hydrogen (secondary N) is 2. The minimum atomic E-state index is 0.425. The van der Waals surface area contributed by atoms with E-state index in [1.165, 1.54) is 0 Å². The fraction of sp³-hybridized carbons (Fsp3) is 0.217. The number of hydrogen-bond donors (Lipinski definition) is 2. The van der Waals surface area contributed by atoms with Crippen molar-refractivity contribution >= 4 is 12.2 Å². The van der Waals surface area contributed by atoms with Crippen molar-refractivity contribution in [1.82, 2.24) is 15.3 Å². The summed E-state index contributed by atoms with van der Waals surface area (Å²) in [5.41, 5.74) is 5.91. The van der Waals surface area contributed by atoms with E-state index in [0.717, 1.165) is 59.7 Å². The Hall–Kier alpha value is -3.16. The molecule has 2 N–H and O–H groups in total. The van der Waals surface area contributed by atoms with Crippen LogP contribution in [-0.4, -0.2) is 23.1 Å². The first-order chi connectivity index (χ1) is 13.3. The van der Waals surface area contributed by atoms with Gasteiger partial charge in [0, 0.05) is 29.1 Å². The van der Waals surface area contributed by atoms with Crippen molar-refractivity contribution in [2.45, 2.75) is 18.8 Å². The molecular weight excluding hydrogens is 332 g/mol. The summed E-state index contributed by atoms with van der Waals surface area (Å²) < 4.78 is 0. The van der Waals surface area contributed by atoms with Gasteiger partial charge in [0.25, 0.3) is 0 Å². The SMILES string of the molecule is N#Cc1cc(-c2ccnc(/C=C/c3ccccc3)c2)[nH]c1C1CCNCC1. The maximum Gasteiger partial charge on any atom is 0.101 e. The summed E-state index contributed by atoms with van der Waals surface area (Å²) in [5, 5.41) is 12.9. The molecule has 0 atom stereocenters. The van der Waals surface area contributed by atoms with Crippen LogP contribution in [0.2, 0.25) is 0 Å². The summed E-state index contributed by atoms with van der Waals surface area (Å²) >= 11 is 0. The van der Waals surface area contributed by atoms with E-state index in [1.54, 1.807) is 0 Å². The van der Waals surface area contributed by atoms with Gasteiger partial charge in [0.15, 0.2) is 0 Å². The first-order valence-corrected chi connectivity index (χ1v) is 9.37. The number of aromatic amines is 1. The molecule has 1 aromatic carbocycles. The number of hydrogen-bond acceptors (Lipinski definition) is 3. The van der Waals surface area contributed by atoms with Gasteiger partial charge >= 0.3 is 0 Å². The highest BCUT2D eigenvalue weighted by Crippen LogP contribution is 2.31. The highest BCUT2D eigenvalue weighted by Gasteiger charge is 2.21. The fourth-order valence-corrected chi connectivity index (χ4v) is 3.60. The minimum Gasteiger partial charge on any atom is -0.357 e. The summed E-state index contributed by atoms with van der Waals surface area (Å²) in [5.74, 6) is 0.425. The second kappa shape index (κ2) is 8.03. The van der Waals surface area contributed by atoms with E-state index >= 15 is 0 Å². The Morgan fingerprint density at radius 3 is 2.63 bits per heavy atom. The maximum atomic E-state index is 9.57. The quantitative estimate of drug-likeness (QED) is 0.720. The highest BCUT2D eigenvalue weighted by atomic mass is 14.9. The normalized spacial score (nSPS) is 15.1. The summed E-state index contributed by atoms with van der Waals surface area (Å²) in [6.45, 7) is 2.02. The van der Waals surface area contributed by atoms with E-state index in [0.29, 0.717) is 5.92 Å². The smallest absolute Gasteiger partial charge is 0.101 e. The van der Waals surface area contributed by atoms with Crippen molar-refractivity contribution in [3.05, 3.63) is 77.2 Å². The van der Waals surface area contributed by atoms with Gasteiger partial charge in [-0.25, -0.2) is 0 Å². The first-order valence-electron chi connectivity index (χ1n) is 9.37. The van der Waals surface area contributed by atoms with Crippen molar-refractivity contribution in [2.75, 3.05) is 13.1 Å². The molecular formula is C23H22N4. The molecule has 134 valence electrons. The van der Waals surface area contributed by atoms with Gasteiger partial charge in [-0.2, -0.15) is 5.26 Å². The predicted molar refractivity (Wildman–Crippen MR) is 109 cm³/mol. The van der Waals surface area contributed by atoms with Crippen molar-refractivity contribution < 1.29 is 0 Å². The van der Waals surface area contributed by atoms with Gasteiger partial charge in [-0.05, 0) is 55.8 Å². The second-order valence-corrected chi connectivity index (χ2v) is 6.86. The Kier molecular flexibility index (Phi) is 5.13. The molecule has 1 fully saturated rings. The van der Waals surface area contributed by atoms with Crippen LogP contribution in [0.15, 0.2) is 54.7 Å². The molecule has 0 spiro atoms. The Morgan fingerprint density at radius 2 is 1.85 bits per heavy atom. The van der Waals surface area contributed by atoms with Crippen LogP contribution in [-0.2, 0) is 0 Å². The van der Waals surface area contributed by atoms with Gasteiger partial charge in [0.05, 0.1) is 11.3 Å². The summed E-state index contributed by atoms with van der Waals surface area (Å²) in [7, 11) is 0. The molecule has 0 radical (unpaired) electrons. The minimum absolute atomic E-state index is 0.425. The molecule has 3 heterocycles. The van der Waals surface area contributed by atoms with Crippen LogP contribution in [0.5, 0.6) is 0 Å². The number of pyridine rings is 1. The zero-order valence-corrected chi connectivity index (χ0v) is 15.2. The average molecular weight is 354 g/mol. The van der Waals surface area contributed by atoms with Crippen LogP contribution in [0.3, 0.4) is 0 Å². The fourth-order valence-electron chi connectivity index (χ4n) is 3.60. The van der Waals surface area contributed by atoms with Crippen LogP contribution in [0.4, 0.5) is 0 Å². The molecule has 1 saturated heterocycles. The molecule has 0 saturated carbocycles. The molecule has 1 aliphatic heterocycles. The molecule has 2 aromatic heterocycles. The molecule has 4 rings (SSSR count). The van der Waals surface area contributed by atoms with Crippen molar-refractivity contribution in [3.8, 4) is 17.3 Å². The largest absolute Gasteiger partial charge is 0.357 e. The van der Waals surface area contributed by atoms with Crippen LogP contribution in [0.1, 0.15) is 41.3 Å². The third-order valence-corrected chi connectivity index (χ3v) is 5.05. The number of nitriles is 1. The number of piperidine rings is 1. The molecule has 0 bridgehead atoms. The maximum absolute atomic E-state index is 9.57. The van der Waals surface area contributed by atoms with Gasteiger partial charge in [-0.15, -0.1) is 0 Å². The van der Waals surface area contributed by atoms with Gasteiger partial charge in [-0.3, -0.25) is 4.98 Å². The Labute approximate surface area is 159 Å². The molecule has 0 amide bonds. The highest BCUT2D eigenvalue weighted by molar-refractivity contribution is 5.71. The Morgan fingerprint density at radius 1 is 1.04 bits per heavy atom. The lowest BCUT2D eigenvalue weighted by molar-refractivity contribution is 0.454. The zero-order chi connectivity index (χ0) is 18.5. The summed E-state index contributed by atoms with van der Waals surface area (Å²) in [4.78, 5) is 7.96. The van der Waals surface area contributed by atoms with Gasteiger partial charge in [-0.1, -0.05) is 36.4 Å². The van der Waals surface area contributed by atoms with Crippen molar-refractivity contribution in [2.24, 2.45) is 0 Å². The third-order valence-electron chi connectivity index (χ3n) is 5.05. The van der Waals surface area contributed by atoms with E-state index in [2.05, 4.69) is 45.6 Å². The number of benzene rings is 1. The number of aromatic nitrogens is 2.